The van der Waals surface area contributed by atoms with Gasteiger partial charge < -0.3 is 10.1 Å². The van der Waals surface area contributed by atoms with E-state index >= 15 is 0 Å². The number of methoxy groups -OCH3 is 1. The third kappa shape index (κ3) is 5.13. The topological polar surface area (TPSA) is 63.6 Å². The molecule has 1 aliphatic rings. The zero-order valence-electron chi connectivity index (χ0n) is 20.8. The lowest BCUT2D eigenvalue weighted by atomic mass is 9.84. The molecule has 1 amide bonds. The van der Waals surface area contributed by atoms with E-state index in [1.165, 1.54) is 6.07 Å². The van der Waals surface area contributed by atoms with Crippen molar-refractivity contribution in [1.82, 2.24) is 10.3 Å². The van der Waals surface area contributed by atoms with E-state index in [-0.39, 0.29) is 17.8 Å². The maximum Gasteiger partial charge on any atom is 0.220 e. The lowest BCUT2D eigenvalue weighted by Gasteiger charge is -2.27. The number of ether oxygens (including phenoxy) is 1. The average Bonchev–Trinajstić information content (AvgIpc) is 2.92. The van der Waals surface area contributed by atoms with Crippen molar-refractivity contribution in [2.75, 3.05) is 14.2 Å². The van der Waals surface area contributed by atoms with Crippen LogP contribution in [0.4, 0.5) is 4.39 Å². The van der Waals surface area contributed by atoms with Crippen LogP contribution in [0.3, 0.4) is 0 Å². The van der Waals surface area contributed by atoms with Crippen molar-refractivity contribution in [3.05, 3.63) is 102 Å². The van der Waals surface area contributed by atoms with Gasteiger partial charge in [0.15, 0.2) is 0 Å². The number of aliphatic imine (C=N–C) groups is 1. The molecule has 4 rings (SSSR count). The number of hydrogen-bond donors (Lipinski definition) is 1. The van der Waals surface area contributed by atoms with Crippen molar-refractivity contribution in [1.29, 1.82) is 0 Å². The smallest absolute Gasteiger partial charge is 0.220 e. The molecule has 3 aromatic rings. The molecule has 1 aliphatic heterocycles. The number of carbonyl (C=O) groups excluding carboxylic acids is 1. The molecular formula is C30H30FN3O2. The molecule has 1 aromatic heterocycles. The zero-order valence-corrected chi connectivity index (χ0v) is 20.8. The number of aromatic nitrogens is 1. The summed E-state index contributed by atoms with van der Waals surface area (Å²) in [6.45, 7) is 6.32. The van der Waals surface area contributed by atoms with Crippen LogP contribution >= 0.6 is 0 Å². The molecule has 0 bridgehead atoms. The standard InChI is InChI=1S/C30H30FN3O2/c1-5-20-15-21(12-13-25(20)31)23-16-24-26(10-6-7-11-28(35)32-3)34-30(22-9-8-14-33-18-22)19(2)29(24)27(17-23)36-4/h6,8-10,12-18,30H,2,5,7,11H2,1,3-4H3,(H,32,35). The van der Waals surface area contributed by atoms with Crippen LogP contribution in [0.5, 0.6) is 5.75 Å². The molecule has 0 radical (unpaired) electrons. The average molecular weight is 484 g/mol. The second-order valence-electron chi connectivity index (χ2n) is 8.60. The molecule has 0 spiro atoms. The number of carbonyl (C=O) groups is 1. The summed E-state index contributed by atoms with van der Waals surface area (Å²) in [6, 6.07) is 12.7. The number of halogens is 1. The van der Waals surface area contributed by atoms with Gasteiger partial charge in [0.05, 0.1) is 12.8 Å². The minimum atomic E-state index is -0.318. The highest BCUT2D eigenvalue weighted by Crippen LogP contribution is 2.44. The van der Waals surface area contributed by atoms with Gasteiger partial charge in [-0.15, -0.1) is 0 Å². The van der Waals surface area contributed by atoms with Crippen molar-refractivity contribution in [3.63, 3.8) is 0 Å². The van der Waals surface area contributed by atoms with E-state index in [1.807, 2.05) is 43.3 Å². The van der Waals surface area contributed by atoms with Crippen LogP contribution in [0.15, 0.2) is 78.6 Å². The zero-order chi connectivity index (χ0) is 25.7. The second kappa shape index (κ2) is 11.1. The summed E-state index contributed by atoms with van der Waals surface area (Å²) in [7, 11) is 3.27. The lowest BCUT2D eigenvalue weighted by Crippen LogP contribution is -2.17. The summed E-state index contributed by atoms with van der Waals surface area (Å²) in [4.78, 5) is 21.0. The number of allylic oxidation sites excluding steroid dienone is 2. The van der Waals surface area contributed by atoms with Crippen molar-refractivity contribution < 1.29 is 13.9 Å². The number of aryl methyl sites for hydroxylation is 1. The summed E-state index contributed by atoms with van der Waals surface area (Å²) in [6.07, 6.45) is 9.01. The van der Waals surface area contributed by atoms with E-state index in [9.17, 15) is 9.18 Å². The Morgan fingerprint density at radius 1 is 1.22 bits per heavy atom. The van der Waals surface area contributed by atoms with Crippen molar-refractivity contribution >= 4 is 17.2 Å². The first-order valence-electron chi connectivity index (χ1n) is 12.0. The first kappa shape index (κ1) is 25.0. The Morgan fingerprint density at radius 3 is 2.75 bits per heavy atom. The predicted molar refractivity (Wildman–Crippen MR) is 143 cm³/mol. The molecule has 1 unspecified atom stereocenters. The SMILES string of the molecule is C=C1c2c(OC)cc(-c3ccc(F)c(CC)c3)cc2C(C=CCCC(=O)NC)=NC1c1cccnc1. The first-order valence-corrected chi connectivity index (χ1v) is 12.0. The van der Waals surface area contributed by atoms with Gasteiger partial charge in [-0.1, -0.05) is 31.7 Å². The van der Waals surface area contributed by atoms with Crippen LogP contribution in [-0.2, 0) is 11.2 Å². The predicted octanol–water partition coefficient (Wildman–Crippen LogP) is 6.10. The number of nitrogens with zero attached hydrogens (tertiary/aromatic N) is 2. The van der Waals surface area contributed by atoms with Crippen molar-refractivity contribution in [2.24, 2.45) is 4.99 Å². The van der Waals surface area contributed by atoms with E-state index in [0.29, 0.717) is 30.6 Å². The van der Waals surface area contributed by atoms with Gasteiger partial charge in [-0.2, -0.15) is 0 Å². The number of benzene rings is 2. The fourth-order valence-corrected chi connectivity index (χ4v) is 4.41. The third-order valence-corrected chi connectivity index (χ3v) is 6.37. The first-order chi connectivity index (χ1) is 17.5. The molecule has 6 heteroatoms. The van der Waals surface area contributed by atoms with Gasteiger partial charge in [0.2, 0.25) is 5.91 Å². The Morgan fingerprint density at radius 2 is 2.06 bits per heavy atom. The minimum absolute atomic E-state index is 0.0146. The molecule has 1 N–H and O–H groups in total. The molecular weight excluding hydrogens is 453 g/mol. The largest absolute Gasteiger partial charge is 0.496 e. The number of pyridine rings is 1. The third-order valence-electron chi connectivity index (χ3n) is 6.37. The Labute approximate surface area is 211 Å². The molecule has 1 atom stereocenters. The highest BCUT2D eigenvalue weighted by Gasteiger charge is 2.29. The maximum absolute atomic E-state index is 14.2. The van der Waals surface area contributed by atoms with Crippen LogP contribution in [0.1, 0.15) is 48.1 Å². The van der Waals surface area contributed by atoms with Gasteiger partial charge in [0.25, 0.3) is 0 Å². The number of fused-ring (bicyclic) bond motifs is 1. The summed E-state index contributed by atoms with van der Waals surface area (Å²) < 4.78 is 20.0. The van der Waals surface area contributed by atoms with E-state index in [1.54, 1.807) is 32.6 Å². The quantitative estimate of drug-likeness (QED) is 0.421. The highest BCUT2D eigenvalue weighted by molar-refractivity contribution is 6.15. The highest BCUT2D eigenvalue weighted by atomic mass is 19.1. The van der Waals surface area contributed by atoms with E-state index in [4.69, 9.17) is 9.73 Å². The van der Waals surface area contributed by atoms with E-state index in [0.717, 1.165) is 39.1 Å². The molecule has 2 aromatic carbocycles. The van der Waals surface area contributed by atoms with Gasteiger partial charge >= 0.3 is 0 Å². The molecule has 0 saturated heterocycles. The van der Waals surface area contributed by atoms with E-state index < -0.39 is 0 Å². The molecule has 36 heavy (non-hydrogen) atoms. The fourth-order valence-electron chi connectivity index (χ4n) is 4.41. The van der Waals surface area contributed by atoms with Crippen LogP contribution in [0.25, 0.3) is 16.7 Å². The molecule has 0 saturated carbocycles. The molecule has 5 nitrogen and oxygen atoms in total. The number of hydrogen-bond acceptors (Lipinski definition) is 4. The van der Waals surface area contributed by atoms with Gasteiger partial charge in [-0.05, 0) is 77.1 Å². The van der Waals surface area contributed by atoms with Gasteiger partial charge in [0.1, 0.15) is 17.6 Å². The molecule has 0 aliphatic carbocycles. The van der Waals surface area contributed by atoms with Crippen molar-refractivity contribution in [2.45, 2.75) is 32.2 Å². The Kier molecular flexibility index (Phi) is 7.74. The maximum atomic E-state index is 14.2. The van der Waals surface area contributed by atoms with E-state index in [2.05, 4.69) is 22.9 Å². The normalized spacial score (nSPS) is 14.9. The summed E-state index contributed by atoms with van der Waals surface area (Å²) >= 11 is 0. The Hall–Kier alpha value is -4.06. The number of nitrogens with one attached hydrogen (secondary N) is 1. The van der Waals surface area contributed by atoms with Crippen LogP contribution in [0, 0.1) is 5.82 Å². The molecule has 2 heterocycles. The molecule has 184 valence electrons. The second-order valence-corrected chi connectivity index (χ2v) is 8.60. The Balaban J connectivity index is 1.84. The lowest BCUT2D eigenvalue weighted by molar-refractivity contribution is -0.120. The Bertz CT molecular complexity index is 1350. The van der Waals surface area contributed by atoms with Gasteiger partial charge in [0, 0.05) is 37.0 Å². The van der Waals surface area contributed by atoms with Crippen LogP contribution in [0.2, 0.25) is 0 Å². The summed E-state index contributed by atoms with van der Waals surface area (Å²) in [5, 5.41) is 2.64. The number of rotatable bonds is 8. The monoisotopic (exact) mass is 483 g/mol. The van der Waals surface area contributed by atoms with Gasteiger partial charge in [-0.3, -0.25) is 14.8 Å². The van der Waals surface area contributed by atoms with Crippen LogP contribution < -0.4 is 10.1 Å². The van der Waals surface area contributed by atoms with Crippen LogP contribution in [-0.4, -0.2) is 30.8 Å². The van der Waals surface area contributed by atoms with Gasteiger partial charge in [-0.25, -0.2) is 4.39 Å². The summed E-state index contributed by atoms with van der Waals surface area (Å²) in [5.74, 6) is 0.453. The number of amides is 1. The minimum Gasteiger partial charge on any atom is -0.496 e. The van der Waals surface area contributed by atoms with Crippen molar-refractivity contribution in [3.8, 4) is 16.9 Å². The summed E-state index contributed by atoms with van der Waals surface area (Å²) in [5.41, 5.74) is 6.74. The fraction of sp³-hybridized carbons (Fsp3) is 0.233. The molecule has 0 fully saturated rings.